The average molecular weight is 284 g/mol. The van der Waals surface area contributed by atoms with E-state index in [1.807, 2.05) is 7.11 Å². The Morgan fingerprint density at radius 1 is 1.00 bits per heavy atom. The van der Waals surface area contributed by atoms with Gasteiger partial charge in [0.25, 0.3) is 0 Å². The topological polar surface area (TPSA) is 18.5 Å². The third-order valence-corrected chi connectivity index (χ3v) is 4.85. The SMILES string of the molecule is COCC1(Cc2ccc3ccccc3c2OC)CCCC1. The van der Waals surface area contributed by atoms with Crippen LogP contribution in [0.25, 0.3) is 10.8 Å². The largest absolute Gasteiger partial charge is 0.496 e. The molecule has 0 radical (unpaired) electrons. The summed E-state index contributed by atoms with van der Waals surface area (Å²) in [5, 5.41) is 2.45. The van der Waals surface area contributed by atoms with E-state index in [2.05, 4.69) is 36.4 Å². The molecule has 0 saturated heterocycles. The molecule has 0 spiro atoms. The van der Waals surface area contributed by atoms with Crippen molar-refractivity contribution >= 4 is 10.8 Å². The second-order valence-electron chi connectivity index (χ2n) is 6.30. The van der Waals surface area contributed by atoms with E-state index in [9.17, 15) is 0 Å². The maximum Gasteiger partial charge on any atom is 0.129 e. The zero-order valence-corrected chi connectivity index (χ0v) is 13.0. The van der Waals surface area contributed by atoms with Crippen LogP contribution in [0.5, 0.6) is 5.75 Å². The van der Waals surface area contributed by atoms with E-state index >= 15 is 0 Å². The van der Waals surface area contributed by atoms with Crippen molar-refractivity contribution in [3.63, 3.8) is 0 Å². The Hall–Kier alpha value is -1.54. The van der Waals surface area contributed by atoms with Crippen LogP contribution in [0.3, 0.4) is 0 Å². The van der Waals surface area contributed by atoms with Gasteiger partial charge < -0.3 is 9.47 Å². The smallest absolute Gasteiger partial charge is 0.129 e. The molecule has 1 saturated carbocycles. The minimum Gasteiger partial charge on any atom is -0.496 e. The van der Waals surface area contributed by atoms with Crippen LogP contribution in [-0.2, 0) is 11.2 Å². The molecule has 0 unspecified atom stereocenters. The molecule has 0 amide bonds. The summed E-state index contributed by atoms with van der Waals surface area (Å²) in [4.78, 5) is 0. The lowest BCUT2D eigenvalue weighted by atomic mass is 9.80. The molecule has 3 rings (SSSR count). The van der Waals surface area contributed by atoms with Crippen molar-refractivity contribution < 1.29 is 9.47 Å². The number of benzene rings is 2. The number of hydrogen-bond donors (Lipinski definition) is 0. The number of ether oxygens (including phenoxy) is 2. The fourth-order valence-corrected chi connectivity index (χ4v) is 3.88. The van der Waals surface area contributed by atoms with Gasteiger partial charge in [0.05, 0.1) is 13.7 Å². The van der Waals surface area contributed by atoms with Crippen LogP contribution in [0, 0.1) is 5.41 Å². The predicted molar refractivity (Wildman–Crippen MR) is 87.0 cm³/mol. The Balaban J connectivity index is 1.99. The molecular formula is C19H24O2. The highest BCUT2D eigenvalue weighted by molar-refractivity contribution is 5.89. The molecule has 112 valence electrons. The second kappa shape index (κ2) is 6.07. The normalized spacial score (nSPS) is 17.2. The van der Waals surface area contributed by atoms with Crippen LogP contribution in [-0.4, -0.2) is 20.8 Å². The monoisotopic (exact) mass is 284 g/mol. The summed E-state index contributed by atoms with van der Waals surface area (Å²) in [6.45, 7) is 0.850. The van der Waals surface area contributed by atoms with Crippen LogP contribution < -0.4 is 4.74 Å². The van der Waals surface area contributed by atoms with Gasteiger partial charge in [-0.25, -0.2) is 0 Å². The average Bonchev–Trinajstić information content (AvgIpc) is 2.96. The Labute approximate surface area is 127 Å². The second-order valence-corrected chi connectivity index (χ2v) is 6.30. The first-order valence-electron chi connectivity index (χ1n) is 7.82. The van der Waals surface area contributed by atoms with Crippen LogP contribution in [0.15, 0.2) is 36.4 Å². The van der Waals surface area contributed by atoms with Gasteiger partial charge in [-0.3, -0.25) is 0 Å². The molecule has 0 aliphatic heterocycles. The summed E-state index contributed by atoms with van der Waals surface area (Å²) < 4.78 is 11.3. The van der Waals surface area contributed by atoms with Gasteiger partial charge in [-0.1, -0.05) is 49.2 Å². The lowest BCUT2D eigenvalue weighted by Crippen LogP contribution is -2.25. The standard InChI is InChI=1S/C19H24O2/c1-20-14-19(11-5-6-12-19)13-16-10-9-15-7-3-4-8-17(15)18(16)21-2/h3-4,7-10H,5-6,11-14H2,1-2H3. The van der Waals surface area contributed by atoms with Gasteiger partial charge in [0, 0.05) is 12.5 Å². The molecule has 0 N–H and O–H groups in total. The molecule has 0 bridgehead atoms. The van der Waals surface area contributed by atoms with Crippen LogP contribution >= 0.6 is 0 Å². The van der Waals surface area contributed by atoms with Crippen molar-refractivity contribution in [2.24, 2.45) is 5.41 Å². The summed E-state index contributed by atoms with van der Waals surface area (Å²) in [7, 11) is 3.60. The van der Waals surface area contributed by atoms with E-state index in [-0.39, 0.29) is 0 Å². The summed E-state index contributed by atoms with van der Waals surface area (Å²) >= 11 is 0. The van der Waals surface area contributed by atoms with Crippen LogP contribution in [0.4, 0.5) is 0 Å². The predicted octanol–water partition coefficient (Wildman–Crippen LogP) is 4.60. The van der Waals surface area contributed by atoms with Gasteiger partial charge in [0.1, 0.15) is 5.75 Å². The molecule has 0 atom stereocenters. The summed E-state index contributed by atoms with van der Waals surface area (Å²) in [5.41, 5.74) is 1.61. The minimum absolute atomic E-state index is 0.296. The molecule has 0 aromatic heterocycles. The molecule has 2 aromatic carbocycles. The van der Waals surface area contributed by atoms with Gasteiger partial charge in [-0.15, -0.1) is 0 Å². The summed E-state index contributed by atoms with van der Waals surface area (Å²) in [6, 6.07) is 12.9. The molecule has 0 heterocycles. The first-order valence-corrected chi connectivity index (χ1v) is 7.82. The number of rotatable bonds is 5. The Morgan fingerprint density at radius 3 is 2.48 bits per heavy atom. The lowest BCUT2D eigenvalue weighted by Gasteiger charge is -2.29. The van der Waals surface area contributed by atoms with Crippen molar-refractivity contribution in [2.45, 2.75) is 32.1 Å². The van der Waals surface area contributed by atoms with Crippen LogP contribution in [0.2, 0.25) is 0 Å². The molecule has 21 heavy (non-hydrogen) atoms. The molecule has 2 aromatic rings. The summed E-state index contributed by atoms with van der Waals surface area (Å²) in [5.74, 6) is 1.04. The lowest BCUT2D eigenvalue weighted by molar-refractivity contribution is 0.0830. The Bertz CT molecular complexity index is 612. The van der Waals surface area contributed by atoms with Gasteiger partial charge >= 0.3 is 0 Å². The number of methoxy groups -OCH3 is 2. The van der Waals surface area contributed by atoms with E-state index in [4.69, 9.17) is 9.47 Å². The number of fused-ring (bicyclic) bond motifs is 1. The van der Waals surface area contributed by atoms with Crippen molar-refractivity contribution in [1.29, 1.82) is 0 Å². The molecule has 2 nitrogen and oxygen atoms in total. The highest BCUT2D eigenvalue weighted by Crippen LogP contribution is 2.43. The van der Waals surface area contributed by atoms with E-state index in [0.717, 1.165) is 18.8 Å². The number of hydrogen-bond acceptors (Lipinski definition) is 2. The first kappa shape index (κ1) is 14.4. The van der Waals surface area contributed by atoms with Gasteiger partial charge in [-0.05, 0) is 35.6 Å². The summed E-state index contributed by atoms with van der Waals surface area (Å²) in [6.07, 6.45) is 6.21. The quantitative estimate of drug-likeness (QED) is 0.799. The Kier molecular flexibility index (Phi) is 4.16. The fraction of sp³-hybridized carbons (Fsp3) is 0.474. The fourth-order valence-electron chi connectivity index (χ4n) is 3.88. The van der Waals surface area contributed by atoms with Gasteiger partial charge in [0.15, 0.2) is 0 Å². The molecule has 1 aliphatic rings. The van der Waals surface area contributed by atoms with Gasteiger partial charge in [-0.2, -0.15) is 0 Å². The van der Waals surface area contributed by atoms with Crippen molar-refractivity contribution in [1.82, 2.24) is 0 Å². The highest BCUT2D eigenvalue weighted by atomic mass is 16.5. The first-order chi connectivity index (χ1) is 10.3. The van der Waals surface area contributed by atoms with Gasteiger partial charge in [0.2, 0.25) is 0 Å². The molecule has 1 fully saturated rings. The van der Waals surface area contributed by atoms with Crippen LogP contribution in [0.1, 0.15) is 31.2 Å². The van der Waals surface area contributed by atoms with Crippen molar-refractivity contribution in [3.05, 3.63) is 42.0 Å². The zero-order chi connectivity index (χ0) is 14.7. The third-order valence-electron chi connectivity index (χ3n) is 4.85. The molecule has 1 aliphatic carbocycles. The van der Waals surface area contributed by atoms with E-state index in [1.54, 1.807) is 7.11 Å². The maximum atomic E-state index is 5.75. The minimum atomic E-state index is 0.296. The van der Waals surface area contributed by atoms with E-state index in [1.165, 1.54) is 42.0 Å². The Morgan fingerprint density at radius 2 is 1.76 bits per heavy atom. The highest BCUT2D eigenvalue weighted by Gasteiger charge is 2.34. The molecular weight excluding hydrogens is 260 g/mol. The van der Waals surface area contributed by atoms with E-state index in [0.29, 0.717) is 5.41 Å². The van der Waals surface area contributed by atoms with Crippen molar-refractivity contribution in [2.75, 3.05) is 20.8 Å². The third kappa shape index (κ3) is 2.77. The maximum absolute atomic E-state index is 5.75. The van der Waals surface area contributed by atoms with E-state index < -0.39 is 0 Å². The molecule has 2 heteroatoms. The van der Waals surface area contributed by atoms with Crippen molar-refractivity contribution in [3.8, 4) is 5.75 Å². The zero-order valence-electron chi connectivity index (χ0n) is 13.0.